The van der Waals surface area contributed by atoms with Crippen LogP contribution >= 0.6 is 0 Å². The minimum Gasteiger partial charge on any atom is -0.465 e. The summed E-state index contributed by atoms with van der Waals surface area (Å²) in [5.74, 6) is -0.212. The summed E-state index contributed by atoms with van der Waals surface area (Å²) in [4.78, 5) is 14.5. The Labute approximate surface area is 109 Å². The zero-order valence-electron chi connectivity index (χ0n) is 11.8. The van der Waals surface area contributed by atoms with Crippen LogP contribution in [-0.4, -0.2) is 31.7 Å². The van der Waals surface area contributed by atoms with Crippen molar-refractivity contribution in [1.29, 1.82) is 0 Å². The second-order valence-corrected chi connectivity index (χ2v) is 5.33. The van der Waals surface area contributed by atoms with Crippen LogP contribution in [0.25, 0.3) is 10.4 Å². The van der Waals surface area contributed by atoms with E-state index in [-0.39, 0.29) is 17.4 Å². The third-order valence-electron chi connectivity index (χ3n) is 2.28. The van der Waals surface area contributed by atoms with Gasteiger partial charge in [0.15, 0.2) is 0 Å². The van der Waals surface area contributed by atoms with Crippen LogP contribution in [0.3, 0.4) is 0 Å². The average molecular weight is 256 g/mol. The highest BCUT2D eigenvalue weighted by Crippen LogP contribution is 2.21. The Morgan fingerprint density at radius 1 is 1.50 bits per heavy atom. The molecule has 0 bridgehead atoms. The summed E-state index contributed by atoms with van der Waals surface area (Å²) in [5, 5.41) is 6.61. The SMILES string of the molecule is CCOC(=O)C(CC(C)(C)C)NCCCN=[N+]=[N-]. The molecule has 6 nitrogen and oxygen atoms in total. The van der Waals surface area contributed by atoms with Crippen molar-refractivity contribution in [3.8, 4) is 0 Å². The van der Waals surface area contributed by atoms with Gasteiger partial charge in [0, 0.05) is 11.5 Å². The summed E-state index contributed by atoms with van der Waals surface area (Å²) in [5.41, 5.74) is 8.20. The van der Waals surface area contributed by atoms with E-state index in [4.69, 9.17) is 10.3 Å². The molecular weight excluding hydrogens is 232 g/mol. The van der Waals surface area contributed by atoms with Gasteiger partial charge in [-0.05, 0) is 37.3 Å². The first-order chi connectivity index (χ1) is 8.40. The lowest BCUT2D eigenvalue weighted by atomic mass is 9.88. The van der Waals surface area contributed by atoms with Crippen molar-refractivity contribution in [3.63, 3.8) is 0 Å². The Morgan fingerprint density at radius 3 is 2.67 bits per heavy atom. The molecule has 0 aliphatic heterocycles. The zero-order chi connectivity index (χ0) is 14.0. The van der Waals surface area contributed by atoms with Gasteiger partial charge in [0.1, 0.15) is 6.04 Å². The van der Waals surface area contributed by atoms with Gasteiger partial charge in [-0.1, -0.05) is 25.9 Å². The van der Waals surface area contributed by atoms with Gasteiger partial charge in [-0.25, -0.2) is 0 Å². The summed E-state index contributed by atoms with van der Waals surface area (Å²) in [7, 11) is 0. The molecule has 0 radical (unpaired) electrons. The maximum atomic E-state index is 11.8. The quantitative estimate of drug-likeness (QED) is 0.238. The highest BCUT2D eigenvalue weighted by atomic mass is 16.5. The predicted molar refractivity (Wildman–Crippen MR) is 71.1 cm³/mol. The smallest absolute Gasteiger partial charge is 0.323 e. The van der Waals surface area contributed by atoms with Crippen LogP contribution in [0.4, 0.5) is 0 Å². The molecule has 0 heterocycles. The molecule has 0 amide bonds. The van der Waals surface area contributed by atoms with Crippen molar-refractivity contribution in [3.05, 3.63) is 10.4 Å². The molecule has 1 atom stereocenters. The lowest BCUT2D eigenvalue weighted by molar-refractivity contribution is -0.146. The molecule has 1 N–H and O–H groups in total. The zero-order valence-corrected chi connectivity index (χ0v) is 11.8. The third-order valence-corrected chi connectivity index (χ3v) is 2.28. The highest BCUT2D eigenvalue weighted by Gasteiger charge is 2.25. The Kier molecular flexibility index (Phi) is 8.16. The van der Waals surface area contributed by atoms with E-state index in [1.807, 2.05) is 0 Å². The number of azide groups is 1. The van der Waals surface area contributed by atoms with Crippen LogP contribution in [0, 0.1) is 5.41 Å². The molecule has 104 valence electrons. The Morgan fingerprint density at radius 2 is 2.17 bits per heavy atom. The molecule has 0 aromatic heterocycles. The first kappa shape index (κ1) is 16.7. The number of hydrogen-bond donors (Lipinski definition) is 1. The van der Waals surface area contributed by atoms with Crippen molar-refractivity contribution < 1.29 is 9.53 Å². The predicted octanol–water partition coefficient (Wildman–Crippen LogP) is 2.64. The maximum absolute atomic E-state index is 11.8. The van der Waals surface area contributed by atoms with Gasteiger partial charge in [0.25, 0.3) is 0 Å². The molecule has 0 aliphatic rings. The van der Waals surface area contributed by atoms with E-state index >= 15 is 0 Å². The van der Waals surface area contributed by atoms with E-state index in [0.717, 1.165) is 0 Å². The number of ether oxygens (including phenoxy) is 1. The van der Waals surface area contributed by atoms with E-state index in [2.05, 4.69) is 36.1 Å². The molecule has 1 unspecified atom stereocenters. The second kappa shape index (κ2) is 8.78. The topological polar surface area (TPSA) is 87.1 Å². The van der Waals surface area contributed by atoms with E-state index in [0.29, 0.717) is 32.5 Å². The minimum absolute atomic E-state index is 0.0508. The molecule has 0 rings (SSSR count). The molecule has 0 aromatic carbocycles. The van der Waals surface area contributed by atoms with E-state index in [1.54, 1.807) is 6.92 Å². The minimum atomic E-state index is -0.295. The summed E-state index contributed by atoms with van der Waals surface area (Å²) in [6.45, 7) is 9.52. The van der Waals surface area contributed by atoms with Gasteiger partial charge in [0.2, 0.25) is 0 Å². The largest absolute Gasteiger partial charge is 0.465 e. The number of carbonyl (C=O) groups is 1. The van der Waals surface area contributed by atoms with E-state index < -0.39 is 0 Å². The number of nitrogens with zero attached hydrogens (tertiary/aromatic N) is 3. The Hall–Kier alpha value is -1.26. The molecular formula is C12H24N4O2. The van der Waals surface area contributed by atoms with Gasteiger partial charge in [-0.3, -0.25) is 4.79 Å². The number of carbonyl (C=O) groups excluding carboxylic acids is 1. The molecule has 18 heavy (non-hydrogen) atoms. The molecule has 0 spiro atoms. The first-order valence-electron chi connectivity index (χ1n) is 6.31. The van der Waals surface area contributed by atoms with Gasteiger partial charge >= 0.3 is 5.97 Å². The van der Waals surface area contributed by atoms with Crippen LogP contribution in [0.1, 0.15) is 40.5 Å². The number of nitrogens with one attached hydrogen (secondary N) is 1. The fraction of sp³-hybridized carbons (Fsp3) is 0.917. The fourth-order valence-electron chi connectivity index (χ4n) is 1.56. The molecule has 0 aromatic rings. The lowest BCUT2D eigenvalue weighted by Crippen LogP contribution is -2.41. The van der Waals surface area contributed by atoms with Crippen LogP contribution in [0.15, 0.2) is 5.11 Å². The second-order valence-electron chi connectivity index (χ2n) is 5.33. The van der Waals surface area contributed by atoms with Gasteiger partial charge < -0.3 is 10.1 Å². The van der Waals surface area contributed by atoms with Crippen LogP contribution in [0.2, 0.25) is 0 Å². The number of hydrogen-bond acceptors (Lipinski definition) is 4. The molecule has 0 saturated heterocycles. The third kappa shape index (κ3) is 8.84. The normalized spacial score (nSPS) is 12.7. The lowest BCUT2D eigenvalue weighted by Gasteiger charge is -2.25. The maximum Gasteiger partial charge on any atom is 0.323 e. The van der Waals surface area contributed by atoms with Gasteiger partial charge in [0.05, 0.1) is 6.61 Å². The molecule has 6 heteroatoms. The summed E-state index contributed by atoms with van der Waals surface area (Å²) >= 11 is 0. The average Bonchev–Trinajstić information content (AvgIpc) is 2.26. The van der Waals surface area contributed by atoms with Crippen LogP contribution in [-0.2, 0) is 9.53 Å². The first-order valence-corrected chi connectivity index (χ1v) is 6.31. The van der Waals surface area contributed by atoms with Crippen molar-refractivity contribution in [2.45, 2.75) is 46.6 Å². The summed E-state index contributed by atoms with van der Waals surface area (Å²) < 4.78 is 5.04. The number of esters is 1. The number of rotatable bonds is 8. The van der Waals surface area contributed by atoms with E-state index in [9.17, 15) is 4.79 Å². The Balaban J connectivity index is 4.20. The summed E-state index contributed by atoms with van der Waals surface area (Å²) in [6, 6.07) is -0.295. The highest BCUT2D eigenvalue weighted by molar-refractivity contribution is 5.75. The van der Waals surface area contributed by atoms with Gasteiger partial charge in [-0.2, -0.15) is 0 Å². The Bertz CT molecular complexity index is 293. The molecule has 0 fully saturated rings. The monoisotopic (exact) mass is 256 g/mol. The van der Waals surface area contributed by atoms with Crippen molar-refractivity contribution >= 4 is 5.97 Å². The van der Waals surface area contributed by atoms with Crippen LogP contribution in [0.5, 0.6) is 0 Å². The van der Waals surface area contributed by atoms with Crippen molar-refractivity contribution in [2.75, 3.05) is 19.7 Å². The van der Waals surface area contributed by atoms with Crippen molar-refractivity contribution in [1.82, 2.24) is 5.32 Å². The van der Waals surface area contributed by atoms with Crippen LogP contribution < -0.4 is 5.32 Å². The summed E-state index contributed by atoms with van der Waals surface area (Å²) in [6.07, 6.45) is 1.43. The standard InChI is InChI=1S/C12H24N4O2/c1-5-18-11(17)10(9-12(2,3)4)14-7-6-8-15-16-13/h10,14H,5-9H2,1-4H3. The van der Waals surface area contributed by atoms with Crippen molar-refractivity contribution in [2.24, 2.45) is 10.5 Å². The fourth-order valence-corrected chi connectivity index (χ4v) is 1.56. The van der Waals surface area contributed by atoms with E-state index in [1.165, 1.54) is 0 Å². The molecule has 0 saturated carbocycles. The van der Waals surface area contributed by atoms with Gasteiger partial charge in [-0.15, -0.1) is 0 Å². The molecule has 0 aliphatic carbocycles.